The average molecular weight is 700 g/mol. The van der Waals surface area contributed by atoms with Gasteiger partial charge in [-0.1, -0.05) is 42.8 Å². The summed E-state index contributed by atoms with van der Waals surface area (Å²) < 4.78 is 46.1. The van der Waals surface area contributed by atoms with Crippen LogP contribution in [0.4, 0.5) is 13.6 Å². The minimum atomic E-state index is -1.06. The van der Waals surface area contributed by atoms with Crippen molar-refractivity contribution in [2.75, 3.05) is 19.8 Å². The molecule has 0 saturated carbocycles. The molecule has 9 nitrogen and oxygen atoms in total. The Labute approximate surface area is 291 Å². The van der Waals surface area contributed by atoms with Crippen molar-refractivity contribution in [1.82, 2.24) is 9.88 Å². The summed E-state index contributed by atoms with van der Waals surface area (Å²) in [6.07, 6.45) is 2.70. The van der Waals surface area contributed by atoms with Gasteiger partial charge in [0.25, 0.3) is 0 Å². The van der Waals surface area contributed by atoms with Gasteiger partial charge in [0.05, 0.1) is 37.5 Å². The summed E-state index contributed by atoms with van der Waals surface area (Å²) in [4.78, 5) is 44.4. The molecule has 0 unspecified atom stereocenters. The van der Waals surface area contributed by atoms with Gasteiger partial charge in [-0.25, -0.2) is 13.6 Å². The van der Waals surface area contributed by atoms with E-state index in [1.165, 1.54) is 23.2 Å². The van der Waals surface area contributed by atoms with E-state index in [0.717, 1.165) is 6.20 Å². The molecule has 0 aliphatic carbocycles. The van der Waals surface area contributed by atoms with Crippen LogP contribution in [0.3, 0.4) is 0 Å². The number of rotatable bonds is 13. The lowest BCUT2D eigenvalue weighted by molar-refractivity contribution is -0.149. The highest BCUT2D eigenvalue weighted by Crippen LogP contribution is 2.31. The number of morpholine rings is 1. The van der Waals surface area contributed by atoms with E-state index in [9.17, 15) is 18.8 Å². The molecule has 1 aromatic heterocycles. The number of ketones is 1. The number of esters is 1. The van der Waals surface area contributed by atoms with Gasteiger partial charge in [0, 0.05) is 30.0 Å². The van der Waals surface area contributed by atoms with E-state index in [-0.39, 0.29) is 50.8 Å². The molecule has 2 aromatic carbocycles. The highest BCUT2D eigenvalue weighted by atomic mass is 35.5. The standard InChI is InChI=1S/C37H44ClF2N3O6/c1-5-7-33(45)48-22-28-21-47-29(20-43(28)36(46)49-37(2,3)4)14-15-30-25(18-42-19-31(30)40)17-32(44)35(41)34(23-10-12-27(39)13-11-23)24-8-6-9-26(38)16-24/h6,8-13,16,18-19,28-29,34-35H,5,7,14-15,17,20-22,41H2,1-4H3/t28-,29+,34-,35+/m0/s1. The van der Waals surface area contributed by atoms with Crippen LogP contribution in [0, 0.1) is 11.6 Å². The summed E-state index contributed by atoms with van der Waals surface area (Å²) in [6.45, 7) is 7.34. The Kier molecular flexibility index (Phi) is 13.2. The van der Waals surface area contributed by atoms with E-state index in [1.807, 2.05) is 6.92 Å². The van der Waals surface area contributed by atoms with Crippen molar-refractivity contribution >= 4 is 29.4 Å². The van der Waals surface area contributed by atoms with Crippen LogP contribution in [-0.4, -0.2) is 71.3 Å². The van der Waals surface area contributed by atoms with Gasteiger partial charge in [-0.05, 0) is 86.6 Å². The summed E-state index contributed by atoms with van der Waals surface area (Å²) in [6, 6.07) is 11.1. The van der Waals surface area contributed by atoms with E-state index in [0.29, 0.717) is 40.1 Å². The van der Waals surface area contributed by atoms with E-state index >= 15 is 4.39 Å². The normalized spacial score (nSPS) is 17.7. The van der Waals surface area contributed by atoms with E-state index in [1.54, 1.807) is 57.2 Å². The molecule has 2 heterocycles. The minimum Gasteiger partial charge on any atom is -0.463 e. The van der Waals surface area contributed by atoms with Gasteiger partial charge in [0.15, 0.2) is 5.78 Å². The number of nitrogens with zero attached hydrogens (tertiary/aromatic N) is 2. The lowest BCUT2D eigenvalue weighted by Crippen LogP contribution is -2.55. The molecule has 0 spiro atoms. The van der Waals surface area contributed by atoms with Crippen LogP contribution in [0.15, 0.2) is 60.9 Å². The molecule has 4 atom stereocenters. The molecule has 1 aliphatic rings. The number of aromatic nitrogens is 1. The Balaban J connectivity index is 1.49. The zero-order chi connectivity index (χ0) is 35.7. The van der Waals surface area contributed by atoms with Gasteiger partial charge < -0.3 is 19.9 Å². The van der Waals surface area contributed by atoms with Gasteiger partial charge in [-0.15, -0.1) is 0 Å². The van der Waals surface area contributed by atoms with Crippen molar-refractivity contribution in [2.45, 2.75) is 89.5 Å². The van der Waals surface area contributed by atoms with Crippen molar-refractivity contribution in [2.24, 2.45) is 5.73 Å². The number of hydrogen-bond acceptors (Lipinski definition) is 8. The second-order valence-electron chi connectivity index (χ2n) is 13.2. The van der Waals surface area contributed by atoms with Crippen LogP contribution in [-0.2, 0) is 36.6 Å². The molecule has 1 amide bonds. The Hall–Kier alpha value is -3.93. The van der Waals surface area contributed by atoms with E-state index < -0.39 is 47.4 Å². The fourth-order valence-corrected chi connectivity index (χ4v) is 5.99. The highest BCUT2D eigenvalue weighted by Gasteiger charge is 2.36. The lowest BCUT2D eigenvalue weighted by atomic mass is 9.82. The number of hydrogen-bond donors (Lipinski definition) is 1. The Morgan fingerprint density at radius 1 is 1.10 bits per heavy atom. The number of Topliss-reactive ketones (excluding diaryl/α,β-unsaturated/α-hetero) is 1. The SMILES string of the molecule is CCCC(=O)OC[C@@H]1CO[C@H](CCc2c(F)cncc2CC(=O)[C@@H](N)[C@@H](c2ccc(F)cc2)c2cccc(Cl)c2)CN1C(=O)OC(C)(C)C. The lowest BCUT2D eigenvalue weighted by Gasteiger charge is -2.40. The third kappa shape index (κ3) is 10.8. The first-order valence-corrected chi connectivity index (χ1v) is 16.8. The molecular formula is C37H44ClF2N3O6. The third-order valence-corrected chi connectivity index (χ3v) is 8.46. The maximum absolute atomic E-state index is 15.3. The van der Waals surface area contributed by atoms with Crippen molar-refractivity contribution in [1.29, 1.82) is 0 Å². The largest absolute Gasteiger partial charge is 0.463 e. The van der Waals surface area contributed by atoms with Gasteiger partial charge >= 0.3 is 12.1 Å². The maximum atomic E-state index is 15.3. The zero-order valence-electron chi connectivity index (χ0n) is 28.3. The minimum absolute atomic E-state index is 0.0373. The molecule has 49 heavy (non-hydrogen) atoms. The predicted molar refractivity (Wildman–Crippen MR) is 181 cm³/mol. The molecule has 264 valence electrons. The average Bonchev–Trinajstić information content (AvgIpc) is 3.04. The monoisotopic (exact) mass is 699 g/mol. The van der Waals surface area contributed by atoms with Gasteiger partial charge in [-0.2, -0.15) is 0 Å². The molecular weight excluding hydrogens is 656 g/mol. The second-order valence-corrected chi connectivity index (χ2v) is 13.7. The summed E-state index contributed by atoms with van der Waals surface area (Å²) >= 11 is 6.26. The fourth-order valence-electron chi connectivity index (χ4n) is 5.79. The number of carbonyl (C=O) groups is 3. The van der Waals surface area contributed by atoms with Crippen LogP contribution >= 0.6 is 11.6 Å². The van der Waals surface area contributed by atoms with Crippen LogP contribution in [0.25, 0.3) is 0 Å². The van der Waals surface area contributed by atoms with Gasteiger partial charge in [0.1, 0.15) is 23.8 Å². The quantitative estimate of drug-likeness (QED) is 0.199. The third-order valence-electron chi connectivity index (χ3n) is 8.23. The van der Waals surface area contributed by atoms with Gasteiger partial charge in [-0.3, -0.25) is 19.5 Å². The van der Waals surface area contributed by atoms with E-state index in [2.05, 4.69) is 4.98 Å². The number of carbonyl (C=O) groups excluding carboxylic acids is 3. The summed E-state index contributed by atoms with van der Waals surface area (Å²) in [7, 11) is 0. The van der Waals surface area contributed by atoms with Gasteiger partial charge in [0.2, 0.25) is 0 Å². The maximum Gasteiger partial charge on any atom is 0.410 e. The van der Waals surface area contributed by atoms with Crippen LogP contribution in [0.5, 0.6) is 0 Å². The first-order chi connectivity index (χ1) is 23.3. The van der Waals surface area contributed by atoms with Crippen molar-refractivity contribution in [3.05, 3.63) is 99.8 Å². The van der Waals surface area contributed by atoms with Crippen molar-refractivity contribution < 1.29 is 37.4 Å². The van der Waals surface area contributed by atoms with E-state index in [4.69, 9.17) is 31.5 Å². The molecule has 1 fully saturated rings. The molecule has 1 saturated heterocycles. The molecule has 4 rings (SSSR count). The number of amides is 1. The Morgan fingerprint density at radius 3 is 2.51 bits per heavy atom. The topological polar surface area (TPSA) is 121 Å². The van der Waals surface area contributed by atoms with Crippen LogP contribution in [0.2, 0.25) is 5.02 Å². The number of ether oxygens (including phenoxy) is 3. The zero-order valence-corrected chi connectivity index (χ0v) is 29.1. The molecule has 12 heteroatoms. The van der Waals surface area contributed by atoms with Crippen LogP contribution < -0.4 is 5.73 Å². The Bertz CT molecular complexity index is 1600. The van der Waals surface area contributed by atoms with Crippen LogP contribution in [0.1, 0.15) is 75.1 Å². The number of nitrogens with two attached hydrogens (primary N) is 1. The fraction of sp³-hybridized carbons (Fsp3) is 0.459. The molecule has 0 radical (unpaired) electrons. The number of benzene rings is 2. The molecule has 0 bridgehead atoms. The predicted octanol–water partition coefficient (Wildman–Crippen LogP) is 6.56. The molecule has 2 N–H and O–H groups in total. The highest BCUT2D eigenvalue weighted by molar-refractivity contribution is 6.30. The summed E-state index contributed by atoms with van der Waals surface area (Å²) in [5.41, 5.74) is 7.83. The summed E-state index contributed by atoms with van der Waals surface area (Å²) in [5, 5.41) is 0.458. The number of halogens is 3. The summed E-state index contributed by atoms with van der Waals surface area (Å²) in [5.74, 6) is -2.37. The smallest absolute Gasteiger partial charge is 0.410 e. The van der Waals surface area contributed by atoms with Crippen molar-refractivity contribution in [3.63, 3.8) is 0 Å². The molecule has 1 aliphatic heterocycles. The Morgan fingerprint density at radius 2 is 1.84 bits per heavy atom. The molecule has 3 aromatic rings. The second kappa shape index (κ2) is 17.1. The number of pyridine rings is 1. The van der Waals surface area contributed by atoms with Crippen molar-refractivity contribution in [3.8, 4) is 0 Å². The first kappa shape index (κ1) is 37.9. The first-order valence-electron chi connectivity index (χ1n) is 16.4.